The molecule has 2 rings (SSSR count). The zero-order valence-corrected chi connectivity index (χ0v) is 11.5. The zero-order chi connectivity index (χ0) is 15.1. The normalized spacial score (nSPS) is 18.0. The highest BCUT2D eigenvalue weighted by Gasteiger charge is 2.16. The summed E-state index contributed by atoms with van der Waals surface area (Å²) in [4.78, 5) is 0. The second kappa shape index (κ2) is 7.26. The second-order valence-corrected chi connectivity index (χ2v) is 4.54. The number of hydrogen-bond donors (Lipinski definition) is 3. The average Bonchev–Trinajstić information content (AvgIpc) is 3.00. The molecule has 1 fully saturated rings. The lowest BCUT2D eigenvalue weighted by atomic mass is 10.2. The fraction of sp³-hybridized carbons (Fsp3) is 0.357. The van der Waals surface area contributed by atoms with Gasteiger partial charge in [-0.15, -0.1) is 0 Å². The van der Waals surface area contributed by atoms with Crippen molar-refractivity contribution < 1.29 is 9.47 Å². The van der Waals surface area contributed by atoms with Crippen LogP contribution < -0.4 is 15.9 Å². The minimum absolute atomic E-state index is 0.119. The summed E-state index contributed by atoms with van der Waals surface area (Å²) in [5, 5.41) is 19.8. The molecule has 1 heterocycles. The molecule has 1 saturated heterocycles. The number of amidine groups is 1. The Hall–Kier alpha value is -2.59. The molecule has 7 heteroatoms. The first-order valence-corrected chi connectivity index (χ1v) is 6.62. The fourth-order valence-electron chi connectivity index (χ4n) is 1.90. The van der Waals surface area contributed by atoms with Crippen LogP contribution in [0.5, 0.6) is 5.75 Å². The van der Waals surface area contributed by atoms with Crippen LogP contribution in [0.25, 0.3) is 0 Å². The van der Waals surface area contributed by atoms with Crippen molar-refractivity contribution in [3.63, 3.8) is 0 Å². The van der Waals surface area contributed by atoms with E-state index in [4.69, 9.17) is 25.9 Å². The highest BCUT2D eigenvalue weighted by molar-refractivity contribution is 6.45. The molecular formula is C14H17N5O2. The van der Waals surface area contributed by atoms with E-state index < -0.39 is 0 Å². The van der Waals surface area contributed by atoms with Crippen molar-refractivity contribution in [2.24, 2.45) is 10.8 Å². The van der Waals surface area contributed by atoms with E-state index in [0.717, 1.165) is 19.4 Å². The Bertz CT molecular complexity index is 573. The smallest absolute Gasteiger partial charge is 0.201 e. The maximum absolute atomic E-state index is 8.80. The van der Waals surface area contributed by atoms with Crippen LogP contribution in [-0.4, -0.2) is 30.9 Å². The SMILES string of the molecule is N#C/C(=N\Nc1ccccc1OCC1CCCO1)C(=N)N. The van der Waals surface area contributed by atoms with E-state index in [9.17, 15) is 0 Å². The van der Waals surface area contributed by atoms with Crippen LogP contribution in [0.4, 0.5) is 5.69 Å². The van der Waals surface area contributed by atoms with Crippen LogP contribution >= 0.6 is 0 Å². The van der Waals surface area contributed by atoms with Gasteiger partial charge in [0.25, 0.3) is 0 Å². The van der Waals surface area contributed by atoms with Crippen LogP contribution in [0.1, 0.15) is 12.8 Å². The average molecular weight is 287 g/mol. The Balaban J connectivity index is 2.02. The number of nitriles is 1. The third kappa shape index (κ3) is 4.19. The predicted molar refractivity (Wildman–Crippen MR) is 79.5 cm³/mol. The molecule has 0 spiro atoms. The molecule has 7 nitrogen and oxygen atoms in total. The van der Waals surface area contributed by atoms with Crippen molar-refractivity contribution in [1.82, 2.24) is 0 Å². The molecule has 1 atom stereocenters. The molecule has 4 N–H and O–H groups in total. The van der Waals surface area contributed by atoms with Gasteiger partial charge in [-0.05, 0) is 25.0 Å². The van der Waals surface area contributed by atoms with Crippen molar-refractivity contribution in [2.75, 3.05) is 18.6 Å². The quantitative estimate of drug-likeness (QED) is 0.416. The van der Waals surface area contributed by atoms with Crippen LogP contribution in [0.3, 0.4) is 0 Å². The van der Waals surface area contributed by atoms with Crippen LogP contribution in [0, 0.1) is 16.7 Å². The summed E-state index contributed by atoms with van der Waals surface area (Å²) >= 11 is 0. The van der Waals surface area contributed by atoms with Crippen molar-refractivity contribution in [3.05, 3.63) is 24.3 Å². The van der Waals surface area contributed by atoms with Crippen molar-refractivity contribution in [3.8, 4) is 11.8 Å². The molecule has 1 aliphatic rings. The Morgan fingerprint density at radius 2 is 2.38 bits per heavy atom. The predicted octanol–water partition coefficient (Wildman–Crippen LogP) is 1.47. The number of hydrogen-bond acceptors (Lipinski definition) is 6. The zero-order valence-electron chi connectivity index (χ0n) is 11.5. The summed E-state index contributed by atoms with van der Waals surface area (Å²) in [5.74, 6) is 0.223. The van der Waals surface area contributed by atoms with Gasteiger partial charge in [-0.25, -0.2) is 0 Å². The standard InChI is InChI=1S/C14H17N5O2/c15-8-12(14(16)17)19-18-11-5-1-2-6-13(11)21-9-10-4-3-7-20-10/h1-2,5-6,10,18H,3-4,7,9H2,(H3,16,17)/b19-12+. The van der Waals surface area contributed by atoms with Gasteiger partial charge in [0.15, 0.2) is 5.84 Å². The molecule has 0 amide bonds. The number of ether oxygens (including phenoxy) is 2. The maximum atomic E-state index is 8.80. The summed E-state index contributed by atoms with van der Waals surface area (Å²) in [6, 6.07) is 8.97. The first-order chi connectivity index (χ1) is 10.2. The molecule has 0 radical (unpaired) electrons. The van der Waals surface area contributed by atoms with Crippen LogP contribution in [0.15, 0.2) is 29.4 Å². The van der Waals surface area contributed by atoms with Gasteiger partial charge in [0, 0.05) is 6.61 Å². The van der Waals surface area contributed by atoms with Gasteiger partial charge in [0.1, 0.15) is 18.4 Å². The molecule has 0 aromatic heterocycles. The topological polar surface area (TPSA) is 117 Å². The number of nitrogens with one attached hydrogen (secondary N) is 2. The number of nitrogens with two attached hydrogens (primary N) is 1. The summed E-state index contributed by atoms with van der Waals surface area (Å²) in [6.45, 7) is 1.25. The van der Waals surface area contributed by atoms with E-state index in [1.807, 2.05) is 12.1 Å². The van der Waals surface area contributed by atoms with E-state index in [0.29, 0.717) is 18.0 Å². The van der Waals surface area contributed by atoms with E-state index in [1.54, 1.807) is 18.2 Å². The van der Waals surface area contributed by atoms with E-state index in [-0.39, 0.29) is 17.7 Å². The highest BCUT2D eigenvalue weighted by atomic mass is 16.5. The summed E-state index contributed by atoms with van der Waals surface area (Å²) in [5.41, 5.74) is 8.36. The molecule has 110 valence electrons. The molecule has 1 aromatic rings. The third-order valence-electron chi connectivity index (χ3n) is 2.98. The molecule has 1 aromatic carbocycles. The van der Waals surface area contributed by atoms with E-state index in [1.165, 1.54) is 0 Å². The summed E-state index contributed by atoms with van der Waals surface area (Å²) < 4.78 is 11.2. The number of nitrogens with zero attached hydrogens (tertiary/aromatic N) is 2. The fourth-order valence-corrected chi connectivity index (χ4v) is 1.90. The summed E-state index contributed by atoms with van der Waals surface area (Å²) in [7, 11) is 0. The lowest BCUT2D eigenvalue weighted by Gasteiger charge is -2.14. The molecule has 21 heavy (non-hydrogen) atoms. The Labute approximate surface area is 122 Å². The number of anilines is 1. The van der Waals surface area contributed by atoms with Crippen molar-refractivity contribution in [2.45, 2.75) is 18.9 Å². The van der Waals surface area contributed by atoms with Gasteiger partial charge in [0.05, 0.1) is 11.8 Å². The minimum Gasteiger partial charge on any atom is -0.489 e. The van der Waals surface area contributed by atoms with Gasteiger partial charge in [0.2, 0.25) is 5.71 Å². The molecule has 0 bridgehead atoms. The van der Waals surface area contributed by atoms with Gasteiger partial charge in [-0.3, -0.25) is 10.8 Å². The number of benzene rings is 1. The monoisotopic (exact) mass is 287 g/mol. The number of para-hydroxylation sites is 2. The first kappa shape index (κ1) is 14.8. The minimum atomic E-state index is -0.386. The first-order valence-electron chi connectivity index (χ1n) is 6.62. The lowest BCUT2D eigenvalue weighted by molar-refractivity contribution is 0.0682. The van der Waals surface area contributed by atoms with Gasteiger partial charge < -0.3 is 15.2 Å². The van der Waals surface area contributed by atoms with Crippen LogP contribution in [-0.2, 0) is 4.74 Å². The molecular weight excluding hydrogens is 270 g/mol. The van der Waals surface area contributed by atoms with Gasteiger partial charge >= 0.3 is 0 Å². The van der Waals surface area contributed by atoms with E-state index in [2.05, 4.69) is 10.5 Å². The Kier molecular flexibility index (Phi) is 5.12. The molecule has 1 aliphatic heterocycles. The summed E-state index contributed by atoms with van der Waals surface area (Å²) in [6.07, 6.45) is 2.17. The van der Waals surface area contributed by atoms with E-state index >= 15 is 0 Å². The van der Waals surface area contributed by atoms with Gasteiger partial charge in [-0.2, -0.15) is 10.4 Å². The van der Waals surface area contributed by atoms with Crippen molar-refractivity contribution >= 4 is 17.2 Å². The van der Waals surface area contributed by atoms with Gasteiger partial charge in [-0.1, -0.05) is 12.1 Å². The number of rotatable bonds is 6. The third-order valence-corrected chi connectivity index (χ3v) is 2.98. The largest absolute Gasteiger partial charge is 0.489 e. The molecule has 0 aliphatic carbocycles. The van der Waals surface area contributed by atoms with Crippen molar-refractivity contribution in [1.29, 1.82) is 10.7 Å². The second-order valence-electron chi connectivity index (χ2n) is 4.54. The maximum Gasteiger partial charge on any atom is 0.201 e. The van der Waals surface area contributed by atoms with Crippen LogP contribution in [0.2, 0.25) is 0 Å². The lowest BCUT2D eigenvalue weighted by Crippen LogP contribution is -2.22. The molecule has 1 unspecified atom stereocenters. The Morgan fingerprint density at radius 1 is 1.57 bits per heavy atom. The number of hydrazone groups is 1. The molecule has 0 saturated carbocycles. The highest BCUT2D eigenvalue weighted by Crippen LogP contribution is 2.25. The Morgan fingerprint density at radius 3 is 3.05 bits per heavy atom.